The zero-order valence-corrected chi connectivity index (χ0v) is 17.8. The van der Waals surface area contributed by atoms with E-state index in [1.165, 1.54) is 24.4 Å². The number of methoxy groups -OCH3 is 1. The SMILES string of the molecule is COc1ccc(NC(=O)[C@@H]2CCCN(C(C)=O)C2)cc1S(=O)(=O)N1CCCCC1. The Morgan fingerprint density at radius 3 is 2.48 bits per heavy atom. The summed E-state index contributed by atoms with van der Waals surface area (Å²) >= 11 is 0. The number of benzene rings is 1. The summed E-state index contributed by atoms with van der Waals surface area (Å²) in [5, 5.41) is 2.82. The molecule has 2 aliphatic heterocycles. The van der Waals surface area contributed by atoms with Crippen LogP contribution in [0.25, 0.3) is 0 Å². The number of hydrogen-bond acceptors (Lipinski definition) is 5. The van der Waals surface area contributed by atoms with Gasteiger partial charge in [0.05, 0.1) is 13.0 Å². The van der Waals surface area contributed by atoms with Crippen LogP contribution in [-0.4, -0.2) is 62.7 Å². The molecule has 3 rings (SSSR count). The number of sulfonamides is 1. The highest BCUT2D eigenvalue weighted by Crippen LogP contribution is 2.31. The number of rotatable bonds is 5. The molecule has 0 saturated carbocycles. The number of nitrogens with one attached hydrogen (secondary N) is 1. The predicted octanol–water partition coefficient (Wildman–Crippen LogP) is 2.07. The molecule has 0 spiro atoms. The maximum absolute atomic E-state index is 13.1. The Hall–Kier alpha value is -2.13. The normalized spacial score (nSPS) is 20.9. The van der Waals surface area contributed by atoms with Gasteiger partial charge in [-0.2, -0.15) is 4.31 Å². The Balaban J connectivity index is 1.79. The summed E-state index contributed by atoms with van der Waals surface area (Å²) < 4.78 is 33.0. The number of ether oxygens (including phenoxy) is 1. The van der Waals surface area contributed by atoms with Crippen LogP contribution in [-0.2, 0) is 19.6 Å². The predicted molar refractivity (Wildman–Crippen MR) is 109 cm³/mol. The second-order valence-corrected chi connectivity index (χ2v) is 9.53. The quantitative estimate of drug-likeness (QED) is 0.782. The van der Waals surface area contributed by atoms with E-state index < -0.39 is 10.0 Å². The van der Waals surface area contributed by atoms with Gasteiger partial charge in [-0.25, -0.2) is 8.42 Å². The van der Waals surface area contributed by atoms with Crippen molar-refractivity contribution in [3.05, 3.63) is 18.2 Å². The molecule has 0 aliphatic carbocycles. The zero-order chi connectivity index (χ0) is 21.0. The highest BCUT2D eigenvalue weighted by Gasteiger charge is 2.30. The molecule has 8 nitrogen and oxygen atoms in total. The van der Waals surface area contributed by atoms with Crippen LogP contribution in [0.3, 0.4) is 0 Å². The molecule has 0 aromatic heterocycles. The molecule has 0 bridgehead atoms. The molecule has 1 atom stereocenters. The van der Waals surface area contributed by atoms with Gasteiger partial charge in [0.15, 0.2) is 0 Å². The first-order valence-electron chi connectivity index (χ1n) is 10.1. The molecule has 0 radical (unpaired) electrons. The Morgan fingerprint density at radius 1 is 1.10 bits per heavy atom. The van der Waals surface area contributed by atoms with Gasteiger partial charge >= 0.3 is 0 Å². The van der Waals surface area contributed by atoms with Gasteiger partial charge in [-0.3, -0.25) is 9.59 Å². The maximum Gasteiger partial charge on any atom is 0.246 e. The minimum absolute atomic E-state index is 0.0399. The van der Waals surface area contributed by atoms with E-state index in [4.69, 9.17) is 4.74 Å². The average molecular weight is 424 g/mol. The zero-order valence-electron chi connectivity index (χ0n) is 17.0. The second kappa shape index (κ2) is 9.13. The molecule has 160 valence electrons. The van der Waals surface area contributed by atoms with Gasteiger partial charge in [0.1, 0.15) is 10.6 Å². The van der Waals surface area contributed by atoms with Crippen LogP contribution >= 0.6 is 0 Å². The van der Waals surface area contributed by atoms with E-state index in [-0.39, 0.29) is 28.4 Å². The van der Waals surface area contributed by atoms with Gasteiger partial charge in [-0.1, -0.05) is 6.42 Å². The standard InChI is InChI=1S/C20H29N3O5S/c1-15(24)22-10-6-7-16(14-22)20(25)21-17-8-9-18(28-2)19(13-17)29(26,27)23-11-4-3-5-12-23/h8-9,13,16H,3-7,10-12,14H2,1-2H3,(H,21,25)/t16-/m1/s1. The van der Waals surface area contributed by atoms with Crippen LogP contribution in [0.15, 0.2) is 23.1 Å². The van der Waals surface area contributed by atoms with Gasteiger partial charge < -0.3 is 15.0 Å². The second-order valence-electron chi connectivity index (χ2n) is 7.62. The van der Waals surface area contributed by atoms with Gasteiger partial charge in [0.2, 0.25) is 21.8 Å². The molecule has 2 amide bonds. The lowest BCUT2D eigenvalue weighted by molar-refractivity contribution is -0.132. The first-order valence-corrected chi connectivity index (χ1v) is 11.5. The van der Waals surface area contributed by atoms with Crippen molar-refractivity contribution in [3.8, 4) is 5.75 Å². The number of carbonyl (C=O) groups is 2. The molecule has 2 fully saturated rings. The lowest BCUT2D eigenvalue weighted by Crippen LogP contribution is -2.42. The molecule has 2 saturated heterocycles. The average Bonchev–Trinajstić information content (AvgIpc) is 2.74. The van der Waals surface area contributed by atoms with Crippen LogP contribution in [0.1, 0.15) is 39.0 Å². The van der Waals surface area contributed by atoms with Crippen molar-refractivity contribution in [2.75, 3.05) is 38.6 Å². The number of hydrogen-bond donors (Lipinski definition) is 1. The van der Waals surface area contributed by atoms with Crippen LogP contribution in [0.4, 0.5) is 5.69 Å². The summed E-state index contributed by atoms with van der Waals surface area (Å²) in [5.41, 5.74) is 0.409. The molecule has 29 heavy (non-hydrogen) atoms. The van der Waals surface area contributed by atoms with Crippen LogP contribution in [0.5, 0.6) is 5.75 Å². The molecule has 0 unspecified atom stereocenters. The Labute approximate surface area is 172 Å². The fourth-order valence-corrected chi connectivity index (χ4v) is 5.62. The fourth-order valence-electron chi connectivity index (χ4n) is 3.92. The summed E-state index contributed by atoms with van der Waals surface area (Å²) in [4.78, 5) is 26.1. The maximum atomic E-state index is 13.1. The highest BCUT2D eigenvalue weighted by atomic mass is 32.2. The molecular formula is C20H29N3O5S. The molecule has 9 heteroatoms. The van der Waals surface area contributed by atoms with Gasteiger partial charge in [-0.15, -0.1) is 0 Å². The lowest BCUT2D eigenvalue weighted by Gasteiger charge is -2.31. The molecular weight excluding hydrogens is 394 g/mol. The number of anilines is 1. The number of carbonyl (C=O) groups excluding carboxylic acids is 2. The Morgan fingerprint density at radius 2 is 1.83 bits per heavy atom. The fraction of sp³-hybridized carbons (Fsp3) is 0.600. The van der Waals surface area contributed by atoms with Crippen molar-refractivity contribution in [1.82, 2.24) is 9.21 Å². The van der Waals surface area contributed by atoms with Crippen LogP contribution in [0.2, 0.25) is 0 Å². The Kier molecular flexibility index (Phi) is 6.79. The minimum Gasteiger partial charge on any atom is -0.495 e. The minimum atomic E-state index is -3.70. The summed E-state index contributed by atoms with van der Waals surface area (Å²) in [7, 11) is -2.27. The van der Waals surface area contributed by atoms with E-state index in [0.29, 0.717) is 38.3 Å². The smallest absolute Gasteiger partial charge is 0.246 e. The molecule has 1 N–H and O–H groups in total. The van der Waals surface area contributed by atoms with Crippen molar-refractivity contribution in [1.29, 1.82) is 0 Å². The van der Waals surface area contributed by atoms with Gasteiger partial charge in [-0.05, 0) is 43.9 Å². The van der Waals surface area contributed by atoms with E-state index >= 15 is 0 Å². The monoisotopic (exact) mass is 423 g/mol. The van der Waals surface area contributed by atoms with E-state index in [1.54, 1.807) is 17.0 Å². The first kappa shape index (κ1) is 21.6. The van der Waals surface area contributed by atoms with Crippen molar-refractivity contribution in [3.63, 3.8) is 0 Å². The third-order valence-corrected chi connectivity index (χ3v) is 7.52. The number of piperidine rings is 2. The van der Waals surface area contributed by atoms with Gasteiger partial charge in [0.25, 0.3) is 0 Å². The van der Waals surface area contributed by atoms with Crippen molar-refractivity contribution >= 4 is 27.5 Å². The first-order chi connectivity index (χ1) is 13.8. The molecule has 2 heterocycles. The summed E-state index contributed by atoms with van der Waals surface area (Å²) in [6.07, 6.45) is 4.18. The molecule has 1 aromatic carbocycles. The summed E-state index contributed by atoms with van der Waals surface area (Å²) in [5.74, 6) is -0.296. The largest absolute Gasteiger partial charge is 0.495 e. The van der Waals surface area contributed by atoms with Gasteiger partial charge in [0, 0.05) is 38.8 Å². The van der Waals surface area contributed by atoms with E-state index in [9.17, 15) is 18.0 Å². The van der Waals surface area contributed by atoms with Crippen LogP contribution < -0.4 is 10.1 Å². The van der Waals surface area contributed by atoms with Crippen molar-refractivity contribution < 1.29 is 22.7 Å². The molecule has 1 aromatic rings. The Bertz CT molecular complexity index is 865. The number of likely N-dealkylation sites (tertiary alicyclic amines) is 1. The summed E-state index contributed by atoms with van der Waals surface area (Å²) in [6.45, 7) is 3.54. The van der Waals surface area contributed by atoms with Crippen molar-refractivity contribution in [2.24, 2.45) is 5.92 Å². The topological polar surface area (TPSA) is 96.0 Å². The van der Waals surface area contributed by atoms with E-state index in [1.807, 2.05) is 0 Å². The number of amides is 2. The van der Waals surface area contributed by atoms with Crippen LogP contribution in [0, 0.1) is 5.92 Å². The van der Waals surface area contributed by atoms with Crippen molar-refractivity contribution in [2.45, 2.75) is 43.9 Å². The summed E-state index contributed by atoms with van der Waals surface area (Å²) in [6, 6.07) is 4.67. The van der Waals surface area contributed by atoms with E-state index in [0.717, 1.165) is 25.7 Å². The molecule has 2 aliphatic rings. The highest BCUT2D eigenvalue weighted by molar-refractivity contribution is 7.89. The number of nitrogens with zero attached hydrogens (tertiary/aromatic N) is 2. The van der Waals surface area contributed by atoms with E-state index in [2.05, 4.69) is 5.32 Å². The lowest BCUT2D eigenvalue weighted by atomic mass is 9.97. The third-order valence-electron chi connectivity index (χ3n) is 5.60. The third kappa shape index (κ3) is 4.90.